The van der Waals surface area contributed by atoms with Gasteiger partial charge in [-0.15, -0.1) is 11.3 Å². The maximum absolute atomic E-state index is 11.6. The predicted molar refractivity (Wildman–Crippen MR) is 61.6 cm³/mol. The number of carboxylic acid groups (broad SMARTS) is 1. The van der Waals surface area contributed by atoms with Gasteiger partial charge in [-0.25, -0.2) is 4.79 Å². The number of amides is 2. The Labute approximate surface area is 101 Å². The minimum atomic E-state index is -1.18. The van der Waals surface area contributed by atoms with Crippen molar-refractivity contribution in [2.75, 3.05) is 0 Å². The van der Waals surface area contributed by atoms with Crippen LogP contribution in [0.3, 0.4) is 0 Å². The smallest absolute Gasteiger partial charge is 0.326 e. The molecule has 0 saturated carbocycles. The summed E-state index contributed by atoms with van der Waals surface area (Å²) in [4.78, 5) is 33.4. The van der Waals surface area contributed by atoms with Crippen LogP contribution in [0.1, 0.15) is 22.5 Å². The van der Waals surface area contributed by atoms with Gasteiger partial charge in [0.1, 0.15) is 6.04 Å². The van der Waals surface area contributed by atoms with Crippen LogP contribution in [-0.2, 0) is 9.59 Å². The number of aliphatic carboxylic acids is 1. The van der Waals surface area contributed by atoms with E-state index in [-0.39, 0.29) is 12.8 Å². The van der Waals surface area contributed by atoms with Gasteiger partial charge < -0.3 is 16.2 Å². The van der Waals surface area contributed by atoms with Gasteiger partial charge in [0, 0.05) is 6.42 Å². The SMILES string of the molecule is NC(=O)CC[C@@H](NC(=O)c1cccs1)C(=O)O. The van der Waals surface area contributed by atoms with Crippen LogP contribution in [0.25, 0.3) is 0 Å². The van der Waals surface area contributed by atoms with E-state index >= 15 is 0 Å². The molecule has 1 rings (SSSR count). The summed E-state index contributed by atoms with van der Waals surface area (Å²) in [5.41, 5.74) is 4.92. The standard InChI is InChI=1S/C10H12N2O4S/c11-8(13)4-3-6(10(15)16)12-9(14)7-2-1-5-17-7/h1-2,5-6H,3-4H2,(H2,11,13)(H,12,14)(H,15,16)/t6-/m1/s1. The number of carbonyl (C=O) groups is 3. The first-order valence-electron chi connectivity index (χ1n) is 4.86. The molecule has 0 aliphatic heterocycles. The molecular weight excluding hydrogens is 244 g/mol. The third-order valence-corrected chi connectivity index (χ3v) is 2.90. The fourth-order valence-corrected chi connectivity index (χ4v) is 1.81. The monoisotopic (exact) mass is 256 g/mol. The number of carboxylic acids is 1. The Morgan fingerprint density at radius 2 is 2.18 bits per heavy atom. The van der Waals surface area contributed by atoms with Gasteiger partial charge >= 0.3 is 5.97 Å². The summed E-state index contributed by atoms with van der Waals surface area (Å²) in [7, 11) is 0. The van der Waals surface area contributed by atoms with E-state index in [4.69, 9.17) is 10.8 Å². The fourth-order valence-electron chi connectivity index (χ4n) is 1.18. The molecule has 2 amide bonds. The Balaban J connectivity index is 2.58. The maximum atomic E-state index is 11.6. The predicted octanol–water partition coefficient (Wildman–Crippen LogP) is 0.197. The normalized spacial score (nSPS) is 11.8. The summed E-state index contributed by atoms with van der Waals surface area (Å²) in [5, 5.41) is 12.9. The van der Waals surface area contributed by atoms with Crippen LogP contribution in [0.15, 0.2) is 17.5 Å². The summed E-state index contributed by atoms with van der Waals surface area (Å²) in [5.74, 6) is -2.24. The van der Waals surface area contributed by atoms with E-state index in [1.807, 2.05) is 0 Å². The van der Waals surface area contributed by atoms with Crippen LogP contribution in [-0.4, -0.2) is 28.9 Å². The summed E-state index contributed by atoms with van der Waals surface area (Å²) >= 11 is 1.21. The largest absolute Gasteiger partial charge is 0.480 e. The zero-order chi connectivity index (χ0) is 12.8. The summed E-state index contributed by atoms with van der Waals surface area (Å²) < 4.78 is 0. The first-order valence-corrected chi connectivity index (χ1v) is 5.74. The van der Waals surface area contributed by atoms with Gasteiger partial charge in [0.05, 0.1) is 4.88 Å². The van der Waals surface area contributed by atoms with Crippen LogP contribution < -0.4 is 11.1 Å². The number of rotatable bonds is 6. The van der Waals surface area contributed by atoms with E-state index in [9.17, 15) is 14.4 Å². The molecule has 0 spiro atoms. The lowest BCUT2D eigenvalue weighted by Gasteiger charge is -2.12. The Hall–Kier alpha value is -1.89. The minimum Gasteiger partial charge on any atom is -0.480 e. The molecule has 1 atom stereocenters. The van der Waals surface area contributed by atoms with E-state index in [0.29, 0.717) is 4.88 Å². The van der Waals surface area contributed by atoms with Crippen molar-refractivity contribution in [1.82, 2.24) is 5.32 Å². The molecule has 7 heteroatoms. The van der Waals surface area contributed by atoms with E-state index in [1.54, 1.807) is 17.5 Å². The second-order valence-electron chi connectivity index (χ2n) is 3.35. The molecule has 1 heterocycles. The summed E-state index contributed by atoms with van der Waals surface area (Å²) in [6.45, 7) is 0. The number of primary amides is 1. The lowest BCUT2D eigenvalue weighted by molar-refractivity contribution is -0.139. The second kappa shape index (κ2) is 6.00. The van der Waals surface area contributed by atoms with E-state index in [2.05, 4.69) is 5.32 Å². The maximum Gasteiger partial charge on any atom is 0.326 e. The Kier molecular flexibility index (Phi) is 4.65. The van der Waals surface area contributed by atoms with Crippen molar-refractivity contribution < 1.29 is 19.5 Å². The number of carbonyl (C=O) groups excluding carboxylic acids is 2. The molecule has 1 aromatic rings. The van der Waals surface area contributed by atoms with E-state index in [0.717, 1.165) is 0 Å². The molecule has 0 unspecified atom stereocenters. The highest BCUT2D eigenvalue weighted by Gasteiger charge is 2.21. The highest BCUT2D eigenvalue weighted by molar-refractivity contribution is 7.12. The van der Waals surface area contributed by atoms with Gasteiger partial charge in [-0.1, -0.05) is 6.07 Å². The van der Waals surface area contributed by atoms with Gasteiger partial charge in [0.25, 0.3) is 5.91 Å². The third kappa shape index (κ3) is 4.23. The van der Waals surface area contributed by atoms with Crippen LogP contribution in [0.4, 0.5) is 0 Å². The number of hydrogen-bond acceptors (Lipinski definition) is 4. The van der Waals surface area contributed by atoms with Gasteiger partial charge in [-0.3, -0.25) is 9.59 Å². The van der Waals surface area contributed by atoms with Gasteiger partial charge in [0.2, 0.25) is 5.91 Å². The zero-order valence-corrected chi connectivity index (χ0v) is 9.70. The molecule has 4 N–H and O–H groups in total. The number of nitrogens with two attached hydrogens (primary N) is 1. The van der Waals surface area contributed by atoms with Crippen molar-refractivity contribution in [3.8, 4) is 0 Å². The molecule has 17 heavy (non-hydrogen) atoms. The zero-order valence-electron chi connectivity index (χ0n) is 8.88. The molecule has 0 aliphatic rings. The molecule has 0 fully saturated rings. The van der Waals surface area contributed by atoms with Crippen molar-refractivity contribution >= 4 is 29.1 Å². The molecule has 0 saturated heterocycles. The second-order valence-corrected chi connectivity index (χ2v) is 4.29. The topological polar surface area (TPSA) is 109 Å². The Morgan fingerprint density at radius 3 is 2.65 bits per heavy atom. The highest BCUT2D eigenvalue weighted by atomic mass is 32.1. The van der Waals surface area contributed by atoms with Crippen LogP contribution in [0.5, 0.6) is 0 Å². The molecule has 0 bridgehead atoms. The van der Waals surface area contributed by atoms with Crippen LogP contribution in [0.2, 0.25) is 0 Å². The first-order chi connectivity index (χ1) is 8.00. The fraction of sp³-hybridized carbons (Fsp3) is 0.300. The molecule has 0 aliphatic carbocycles. The van der Waals surface area contributed by atoms with Crippen molar-refractivity contribution in [2.45, 2.75) is 18.9 Å². The van der Waals surface area contributed by atoms with E-state index in [1.165, 1.54) is 11.3 Å². The molecule has 92 valence electrons. The number of hydrogen-bond donors (Lipinski definition) is 3. The molecule has 6 nitrogen and oxygen atoms in total. The van der Waals surface area contributed by atoms with Crippen molar-refractivity contribution in [1.29, 1.82) is 0 Å². The molecular formula is C10H12N2O4S. The van der Waals surface area contributed by atoms with Gasteiger partial charge in [0.15, 0.2) is 0 Å². The Bertz CT molecular complexity index is 416. The van der Waals surface area contributed by atoms with Crippen LogP contribution in [0, 0.1) is 0 Å². The number of nitrogens with one attached hydrogen (secondary N) is 1. The van der Waals surface area contributed by atoms with Crippen molar-refractivity contribution in [3.63, 3.8) is 0 Å². The first kappa shape index (κ1) is 13.2. The quantitative estimate of drug-likeness (QED) is 0.675. The lowest BCUT2D eigenvalue weighted by Crippen LogP contribution is -2.41. The average molecular weight is 256 g/mol. The van der Waals surface area contributed by atoms with Gasteiger partial charge in [-0.05, 0) is 17.9 Å². The lowest BCUT2D eigenvalue weighted by atomic mass is 10.1. The molecule has 0 aromatic carbocycles. The van der Waals surface area contributed by atoms with E-state index < -0.39 is 23.8 Å². The number of thiophene rings is 1. The van der Waals surface area contributed by atoms with Crippen molar-refractivity contribution in [2.24, 2.45) is 5.73 Å². The summed E-state index contributed by atoms with van der Waals surface area (Å²) in [6.07, 6.45) is -0.0938. The highest BCUT2D eigenvalue weighted by Crippen LogP contribution is 2.09. The molecule has 0 radical (unpaired) electrons. The van der Waals surface area contributed by atoms with Crippen LogP contribution >= 0.6 is 11.3 Å². The summed E-state index contributed by atoms with van der Waals surface area (Å²) in [6, 6.07) is 2.18. The third-order valence-electron chi connectivity index (χ3n) is 2.03. The van der Waals surface area contributed by atoms with Gasteiger partial charge in [-0.2, -0.15) is 0 Å². The average Bonchev–Trinajstić information content (AvgIpc) is 2.76. The molecule has 1 aromatic heterocycles. The Morgan fingerprint density at radius 1 is 1.47 bits per heavy atom. The minimum absolute atomic E-state index is 0.0121. The van der Waals surface area contributed by atoms with Crippen molar-refractivity contribution in [3.05, 3.63) is 22.4 Å².